The smallest absolute Gasteiger partial charge is 0.387 e. The van der Waals surface area contributed by atoms with Gasteiger partial charge in [0.15, 0.2) is 23.0 Å². The van der Waals surface area contributed by atoms with E-state index < -0.39 is 18.0 Å². The van der Waals surface area contributed by atoms with E-state index >= 15 is 0 Å². The first-order valence-corrected chi connectivity index (χ1v) is 13.4. The molecule has 0 spiro atoms. The lowest BCUT2D eigenvalue weighted by Gasteiger charge is -2.21. The highest BCUT2D eigenvalue weighted by Crippen LogP contribution is 2.39. The van der Waals surface area contributed by atoms with Crippen molar-refractivity contribution in [3.8, 4) is 23.0 Å². The minimum atomic E-state index is -3.03. The third-order valence-electron chi connectivity index (χ3n) is 5.86. The molecule has 1 saturated carbocycles. The SMILES string of the molecule is COc1ccc(SC(=O)O[C@@H](Cc2c(Cl)cncc2Cl)c2ccc(OC(F)F)c(OCC3CC3)c2)cc1OC. The monoisotopic (exact) mass is 599 g/mol. The van der Waals surface area contributed by atoms with Gasteiger partial charge in [-0.05, 0) is 72.0 Å². The number of rotatable bonds is 12. The summed E-state index contributed by atoms with van der Waals surface area (Å²) in [5.41, 5.74) is 0.989. The molecule has 1 fully saturated rings. The second-order valence-electron chi connectivity index (χ2n) is 8.60. The predicted molar refractivity (Wildman–Crippen MR) is 144 cm³/mol. The number of aromatic nitrogens is 1. The molecule has 0 amide bonds. The molecule has 1 aliphatic carbocycles. The summed E-state index contributed by atoms with van der Waals surface area (Å²) in [4.78, 5) is 17.6. The van der Waals surface area contributed by atoms with Crippen LogP contribution in [0.5, 0.6) is 23.0 Å². The first-order valence-electron chi connectivity index (χ1n) is 11.9. The Bertz CT molecular complexity index is 1290. The van der Waals surface area contributed by atoms with Gasteiger partial charge in [-0.25, -0.2) is 4.79 Å². The average molecular weight is 600 g/mol. The van der Waals surface area contributed by atoms with E-state index in [4.69, 9.17) is 42.1 Å². The van der Waals surface area contributed by atoms with Crippen molar-refractivity contribution < 1.29 is 37.3 Å². The summed E-state index contributed by atoms with van der Waals surface area (Å²) in [6.45, 7) is -2.66. The summed E-state index contributed by atoms with van der Waals surface area (Å²) in [5.74, 6) is 1.35. The zero-order valence-electron chi connectivity index (χ0n) is 21.0. The van der Waals surface area contributed by atoms with Crippen LogP contribution in [0.25, 0.3) is 0 Å². The Hall–Kier alpha value is -2.95. The molecule has 0 bridgehead atoms. The van der Waals surface area contributed by atoms with E-state index in [1.807, 2.05) is 0 Å². The van der Waals surface area contributed by atoms with Crippen LogP contribution in [0.3, 0.4) is 0 Å². The lowest BCUT2D eigenvalue weighted by atomic mass is 10.0. The number of alkyl halides is 2. The molecule has 0 saturated heterocycles. The summed E-state index contributed by atoms with van der Waals surface area (Å²) >= 11 is 13.5. The van der Waals surface area contributed by atoms with Crippen LogP contribution in [0.1, 0.15) is 30.1 Å². The predicted octanol–water partition coefficient (Wildman–Crippen LogP) is 8.01. The van der Waals surface area contributed by atoms with Gasteiger partial charge in [0.1, 0.15) is 6.10 Å². The van der Waals surface area contributed by atoms with Gasteiger partial charge in [0.2, 0.25) is 0 Å². The summed E-state index contributed by atoms with van der Waals surface area (Å²) in [6, 6.07) is 9.44. The van der Waals surface area contributed by atoms with Crippen LogP contribution in [-0.2, 0) is 11.2 Å². The number of carbonyl (C=O) groups is 1. The molecule has 0 radical (unpaired) electrons. The third kappa shape index (κ3) is 8.03. The molecular weight excluding hydrogens is 575 g/mol. The minimum Gasteiger partial charge on any atom is -0.493 e. The first kappa shape index (κ1) is 29.0. The highest BCUT2D eigenvalue weighted by Gasteiger charge is 2.26. The number of thioether (sulfide) groups is 1. The molecule has 0 N–H and O–H groups in total. The number of hydrogen-bond acceptors (Lipinski definition) is 8. The average Bonchev–Trinajstić information content (AvgIpc) is 3.74. The van der Waals surface area contributed by atoms with E-state index in [2.05, 4.69) is 9.72 Å². The molecular formula is C27H25Cl2F2NO6S. The molecule has 39 heavy (non-hydrogen) atoms. The van der Waals surface area contributed by atoms with Crippen LogP contribution in [0, 0.1) is 5.92 Å². The van der Waals surface area contributed by atoms with Crippen LogP contribution in [0.4, 0.5) is 13.6 Å². The van der Waals surface area contributed by atoms with Crippen molar-refractivity contribution in [3.05, 3.63) is 70.0 Å². The Morgan fingerprint density at radius 2 is 1.69 bits per heavy atom. The molecule has 1 aromatic heterocycles. The summed E-state index contributed by atoms with van der Waals surface area (Å²) in [7, 11) is 3.01. The van der Waals surface area contributed by atoms with Crippen molar-refractivity contribution in [1.82, 2.24) is 4.98 Å². The van der Waals surface area contributed by atoms with Crippen LogP contribution in [0.15, 0.2) is 53.7 Å². The van der Waals surface area contributed by atoms with Crippen molar-refractivity contribution in [1.29, 1.82) is 0 Å². The Balaban J connectivity index is 1.62. The van der Waals surface area contributed by atoms with E-state index in [0.717, 1.165) is 24.6 Å². The van der Waals surface area contributed by atoms with Crippen LogP contribution < -0.4 is 18.9 Å². The van der Waals surface area contributed by atoms with Gasteiger partial charge in [-0.3, -0.25) is 4.98 Å². The summed E-state index contributed by atoms with van der Waals surface area (Å²) in [5, 5.41) is -0.0419. The van der Waals surface area contributed by atoms with Gasteiger partial charge in [-0.2, -0.15) is 8.78 Å². The normalized spacial score (nSPS) is 13.6. The van der Waals surface area contributed by atoms with E-state index in [1.165, 1.54) is 44.8 Å². The molecule has 1 atom stereocenters. The molecule has 0 unspecified atom stereocenters. The second-order valence-corrected chi connectivity index (χ2v) is 10.4. The van der Waals surface area contributed by atoms with Gasteiger partial charge in [0, 0.05) is 23.7 Å². The fraction of sp³-hybridized carbons (Fsp3) is 0.333. The van der Waals surface area contributed by atoms with Crippen molar-refractivity contribution in [3.63, 3.8) is 0 Å². The van der Waals surface area contributed by atoms with E-state index in [1.54, 1.807) is 18.2 Å². The highest BCUT2D eigenvalue weighted by atomic mass is 35.5. The van der Waals surface area contributed by atoms with Gasteiger partial charge in [-0.15, -0.1) is 0 Å². The standard InChI is InChI=1S/C27H25Cl2F2NO6S/c1-34-21-8-6-17(10-24(21)35-2)39-27(33)38-23(11-18-19(28)12-32-13-20(18)29)16-5-7-22(37-26(30)31)25(9-16)36-14-15-3-4-15/h5-10,12-13,15,23,26H,3-4,11,14H2,1-2H3/t23-/m0/s1. The zero-order chi connectivity index (χ0) is 27.9. The van der Waals surface area contributed by atoms with Crippen LogP contribution >= 0.6 is 35.0 Å². The molecule has 3 aromatic rings. The summed E-state index contributed by atoms with van der Waals surface area (Å²) < 4.78 is 52.9. The molecule has 1 heterocycles. The number of hydrogen-bond donors (Lipinski definition) is 0. The lowest BCUT2D eigenvalue weighted by Crippen LogP contribution is -2.13. The van der Waals surface area contributed by atoms with Gasteiger partial charge in [-0.1, -0.05) is 29.3 Å². The molecule has 4 rings (SSSR count). The molecule has 2 aromatic carbocycles. The maximum Gasteiger partial charge on any atom is 0.387 e. The Morgan fingerprint density at radius 3 is 2.33 bits per heavy atom. The summed E-state index contributed by atoms with van der Waals surface area (Å²) in [6.07, 6.45) is 4.09. The molecule has 0 aliphatic heterocycles. The third-order valence-corrected chi connectivity index (χ3v) is 7.27. The largest absolute Gasteiger partial charge is 0.493 e. The van der Waals surface area contributed by atoms with Gasteiger partial charge in [0.25, 0.3) is 0 Å². The maximum atomic E-state index is 13.1. The number of pyridine rings is 1. The fourth-order valence-electron chi connectivity index (χ4n) is 3.69. The van der Waals surface area contributed by atoms with Crippen LogP contribution in [-0.4, -0.2) is 37.7 Å². The topological polar surface area (TPSA) is 76.1 Å². The quantitative estimate of drug-likeness (QED) is 0.153. The fourth-order valence-corrected chi connectivity index (χ4v) is 4.86. The molecule has 12 heteroatoms. The van der Waals surface area contributed by atoms with Crippen LogP contribution in [0.2, 0.25) is 10.0 Å². The lowest BCUT2D eigenvalue weighted by molar-refractivity contribution is -0.0515. The number of benzene rings is 2. The van der Waals surface area contributed by atoms with Crippen molar-refractivity contribution >= 4 is 40.3 Å². The van der Waals surface area contributed by atoms with E-state index in [0.29, 0.717) is 50.1 Å². The molecule has 208 valence electrons. The van der Waals surface area contributed by atoms with Gasteiger partial charge >= 0.3 is 11.9 Å². The first-order chi connectivity index (χ1) is 18.8. The van der Waals surface area contributed by atoms with Crippen molar-refractivity contribution in [2.24, 2.45) is 5.92 Å². The Morgan fingerprint density at radius 1 is 1.00 bits per heavy atom. The number of ether oxygens (including phenoxy) is 5. The zero-order valence-corrected chi connectivity index (χ0v) is 23.3. The van der Waals surface area contributed by atoms with Gasteiger partial charge < -0.3 is 23.7 Å². The number of nitrogens with zero attached hydrogens (tertiary/aromatic N) is 1. The Labute approximate surface area is 238 Å². The number of methoxy groups -OCH3 is 2. The molecule has 7 nitrogen and oxygen atoms in total. The van der Waals surface area contributed by atoms with E-state index in [9.17, 15) is 13.6 Å². The second kappa shape index (κ2) is 13.4. The number of carbonyl (C=O) groups excluding carboxylic acids is 1. The van der Waals surface area contributed by atoms with Crippen molar-refractivity contribution in [2.75, 3.05) is 20.8 Å². The minimum absolute atomic E-state index is 0.0928. The van der Waals surface area contributed by atoms with Crippen molar-refractivity contribution in [2.45, 2.75) is 36.9 Å². The molecule has 1 aliphatic rings. The van der Waals surface area contributed by atoms with E-state index in [-0.39, 0.29) is 17.9 Å². The maximum absolute atomic E-state index is 13.1. The van der Waals surface area contributed by atoms with Gasteiger partial charge in [0.05, 0.1) is 30.9 Å². The Kier molecular flexibility index (Phi) is 9.99. The highest BCUT2D eigenvalue weighted by molar-refractivity contribution is 8.13. The number of halogens is 4.